The van der Waals surface area contributed by atoms with Crippen molar-refractivity contribution in [1.82, 2.24) is 14.8 Å². The van der Waals surface area contributed by atoms with Crippen molar-refractivity contribution in [2.24, 2.45) is 0 Å². The minimum absolute atomic E-state index is 0.155. The van der Waals surface area contributed by atoms with Crippen LogP contribution in [0.15, 0.2) is 42.6 Å². The molecule has 0 saturated carbocycles. The van der Waals surface area contributed by atoms with Crippen LogP contribution in [0.5, 0.6) is 5.88 Å². The highest BCUT2D eigenvalue weighted by Gasteiger charge is 2.16. The summed E-state index contributed by atoms with van der Waals surface area (Å²) in [5.74, 6) is -0.964. The van der Waals surface area contributed by atoms with Gasteiger partial charge in [-0.1, -0.05) is 29.3 Å². The van der Waals surface area contributed by atoms with Crippen LogP contribution in [0.25, 0.3) is 16.9 Å². The molecule has 3 aromatic rings. The summed E-state index contributed by atoms with van der Waals surface area (Å²) in [5.41, 5.74) is 1.38. The molecule has 2 heterocycles. The van der Waals surface area contributed by atoms with Crippen molar-refractivity contribution in [2.45, 2.75) is 0 Å². The van der Waals surface area contributed by atoms with Gasteiger partial charge in [0.2, 0.25) is 11.8 Å². The first kappa shape index (κ1) is 16.2. The van der Waals surface area contributed by atoms with Gasteiger partial charge in [-0.05, 0) is 24.3 Å². The number of carbonyl (C=O) groups is 1. The van der Waals surface area contributed by atoms with Crippen LogP contribution < -0.4 is 4.74 Å². The van der Waals surface area contributed by atoms with E-state index in [-0.39, 0.29) is 10.9 Å². The first-order valence-electron chi connectivity index (χ1n) is 6.52. The Morgan fingerprint density at radius 2 is 2.04 bits per heavy atom. The van der Waals surface area contributed by atoms with E-state index in [1.54, 1.807) is 24.3 Å². The Morgan fingerprint density at radius 1 is 1.25 bits per heavy atom. The smallest absolute Gasteiger partial charge is 0.449 e. The van der Waals surface area contributed by atoms with Crippen molar-refractivity contribution in [2.75, 3.05) is 0 Å². The Labute approximate surface area is 145 Å². The molecular formula is C15H8Cl2FN3O3. The van der Waals surface area contributed by atoms with E-state index in [0.29, 0.717) is 22.0 Å². The molecule has 0 radical (unpaired) electrons. The molecule has 0 aliphatic rings. The number of ether oxygens (including phenoxy) is 1. The molecule has 0 aliphatic carbocycles. The standard InChI is InChI=1S/C15H8Cl2FN3O3/c16-9-2-1-3-10(5-9)21-12(6-13(20-21)24-15(22)23)8-4-11(17)14(18)19-7-8/h1-7H,(H,22,23). The number of rotatable bonds is 3. The third-order valence-corrected chi connectivity index (χ3v) is 3.52. The zero-order valence-electron chi connectivity index (χ0n) is 11.8. The van der Waals surface area contributed by atoms with E-state index in [1.807, 2.05) is 0 Å². The molecule has 3 rings (SSSR count). The van der Waals surface area contributed by atoms with Gasteiger partial charge in [0.1, 0.15) is 0 Å². The van der Waals surface area contributed by atoms with Gasteiger partial charge in [0, 0.05) is 22.8 Å². The molecule has 0 aliphatic heterocycles. The SMILES string of the molecule is O=C(O)Oc1cc(-c2cnc(F)c(Cl)c2)n(-c2cccc(Cl)c2)n1. The monoisotopic (exact) mass is 367 g/mol. The van der Waals surface area contributed by atoms with Crippen LogP contribution in [0, 0.1) is 5.95 Å². The van der Waals surface area contributed by atoms with E-state index < -0.39 is 12.1 Å². The van der Waals surface area contributed by atoms with Crippen LogP contribution in [0.3, 0.4) is 0 Å². The number of nitrogens with zero attached hydrogens (tertiary/aromatic N) is 3. The molecule has 0 atom stereocenters. The molecule has 0 unspecified atom stereocenters. The fourth-order valence-electron chi connectivity index (χ4n) is 2.07. The van der Waals surface area contributed by atoms with Gasteiger partial charge in [-0.2, -0.15) is 4.39 Å². The van der Waals surface area contributed by atoms with Crippen molar-refractivity contribution in [3.63, 3.8) is 0 Å². The largest absolute Gasteiger partial charge is 0.512 e. The Bertz CT molecular complexity index is 930. The molecule has 1 N–H and O–H groups in total. The minimum atomic E-state index is -1.51. The molecule has 0 saturated heterocycles. The topological polar surface area (TPSA) is 77.2 Å². The predicted octanol–water partition coefficient (Wildman–Crippen LogP) is 4.44. The maximum atomic E-state index is 13.3. The zero-order chi connectivity index (χ0) is 17.3. The van der Waals surface area contributed by atoms with Gasteiger partial charge in [-0.15, -0.1) is 5.10 Å². The Balaban J connectivity index is 2.17. The fourth-order valence-corrected chi connectivity index (χ4v) is 2.42. The molecule has 1 aromatic carbocycles. The molecule has 0 bridgehead atoms. The van der Waals surface area contributed by atoms with Crippen LogP contribution in [0.2, 0.25) is 10.0 Å². The third kappa shape index (κ3) is 3.32. The second-order valence-electron chi connectivity index (χ2n) is 4.62. The molecule has 6 nitrogen and oxygen atoms in total. The van der Waals surface area contributed by atoms with Crippen LogP contribution in [0.1, 0.15) is 0 Å². The molecule has 0 spiro atoms. The number of aromatic nitrogens is 3. The third-order valence-electron chi connectivity index (χ3n) is 3.02. The number of hydrogen-bond acceptors (Lipinski definition) is 4. The predicted molar refractivity (Wildman–Crippen MR) is 85.4 cm³/mol. The summed E-state index contributed by atoms with van der Waals surface area (Å²) < 4.78 is 19.3. The van der Waals surface area contributed by atoms with Gasteiger partial charge in [0.25, 0.3) is 0 Å². The second-order valence-corrected chi connectivity index (χ2v) is 5.47. The number of pyridine rings is 1. The summed E-state index contributed by atoms with van der Waals surface area (Å²) in [7, 11) is 0. The quantitative estimate of drug-likeness (QED) is 0.546. The van der Waals surface area contributed by atoms with E-state index in [9.17, 15) is 9.18 Å². The number of hydrogen-bond donors (Lipinski definition) is 1. The highest BCUT2D eigenvalue weighted by molar-refractivity contribution is 6.31. The van der Waals surface area contributed by atoms with E-state index in [2.05, 4.69) is 14.8 Å². The van der Waals surface area contributed by atoms with Gasteiger partial charge in [0.15, 0.2) is 0 Å². The lowest BCUT2D eigenvalue weighted by molar-refractivity contribution is 0.142. The van der Waals surface area contributed by atoms with Crippen molar-refractivity contribution in [3.05, 3.63) is 58.6 Å². The van der Waals surface area contributed by atoms with E-state index in [4.69, 9.17) is 28.3 Å². The van der Waals surface area contributed by atoms with Gasteiger partial charge < -0.3 is 9.84 Å². The van der Waals surface area contributed by atoms with Crippen molar-refractivity contribution in [1.29, 1.82) is 0 Å². The molecule has 2 aromatic heterocycles. The number of halogens is 3. The second kappa shape index (κ2) is 6.46. The van der Waals surface area contributed by atoms with E-state index in [0.717, 1.165) is 0 Å². The summed E-state index contributed by atoms with van der Waals surface area (Å²) in [4.78, 5) is 14.3. The lowest BCUT2D eigenvalue weighted by Gasteiger charge is -2.08. The van der Waals surface area contributed by atoms with Crippen LogP contribution in [0.4, 0.5) is 9.18 Å². The lowest BCUT2D eigenvalue weighted by Crippen LogP contribution is -2.04. The average molecular weight is 368 g/mol. The van der Waals surface area contributed by atoms with Crippen molar-refractivity contribution < 1.29 is 19.0 Å². The lowest BCUT2D eigenvalue weighted by atomic mass is 10.2. The maximum Gasteiger partial charge on any atom is 0.512 e. The normalized spacial score (nSPS) is 10.6. The van der Waals surface area contributed by atoms with E-state index in [1.165, 1.54) is 23.0 Å². The first-order valence-corrected chi connectivity index (χ1v) is 7.28. The summed E-state index contributed by atoms with van der Waals surface area (Å²) in [6.07, 6.45) is -0.253. The molecule has 0 amide bonds. The number of carboxylic acid groups (broad SMARTS) is 1. The van der Waals surface area contributed by atoms with Gasteiger partial charge in [0.05, 0.1) is 16.4 Å². The van der Waals surface area contributed by atoms with Gasteiger partial charge in [-0.25, -0.2) is 14.5 Å². The van der Waals surface area contributed by atoms with Gasteiger partial charge in [-0.3, -0.25) is 0 Å². The maximum absolute atomic E-state index is 13.3. The molecule has 122 valence electrons. The average Bonchev–Trinajstić information content (AvgIpc) is 2.93. The van der Waals surface area contributed by atoms with Crippen molar-refractivity contribution >= 4 is 29.4 Å². The highest BCUT2D eigenvalue weighted by atomic mass is 35.5. The zero-order valence-corrected chi connectivity index (χ0v) is 13.3. The minimum Gasteiger partial charge on any atom is -0.449 e. The molecule has 24 heavy (non-hydrogen) atoms. The molecule has 9 heteroatoms. The van der Waals surface area contributed by atoms with E-state index >= 15 is 0 Å². The van der Waals surface area contributed by atoms with Crippen LogP contribution in [-0.4, -0.2) is 26.0 Å². The molecule has 0 fully saturated rings. The summed E-state index contributed by atoms with van der Waals surface area (Å²) in [6.45, 7) is 0. The Morgan fingerprint density at radius 3 is 2.71 bits per heavy atom. The van der Waals surface area contributed by atoms with Crippen LogP contribution in [-0.2, 0) is 0 Å². The van der Waals surface area contributed by atoms with Gasteiger partial charge >= 0.3 is 6.16 Å². The fraction of sp³-hybridized carbons (Fsp3) is 0. The summed E-state index contributed by atoms with van der Waals surface area (Å²) in [5, 5.41) is 13.1. The number of benzene rings is 1. The Hall–Kier alpha value is -2.64. The first-order chi connectivity index (χ1) is 11.4. The van der Waals surface area contributed by atoms with Crippen molar-refractivity contribution in [3.8, 4) is 22.8 Å². The summed E-state index contributed by atoms with van der Waals surface area (Å²) in [6, 6.07) is 9.45. The summed E-state index contributed by atoms with van der Waals surface area (Å²) >= 11 is 11.7. The Kier molecular flexibility index (Phi) is 4.37. The molecular weight excluding hydrogens is 360 g/mol. The van der Waals surface area contributed by atoms with Crippen LogP contribution >= 0.6 is 23.2 Å². The highest BCUT2D eigenvalue weighted by Crippen LogP contribution is 2.29.